The Hall–Kier alpha value is -5.53. The van der Waals surface area contributed by atoms with Crippen LogP contribution in [0.15, 0.2) is 133 Å². The number of carbonyl (C=O) groups excluding carboxylic acids is 1. The maximum atomic E-state index is 14.8. The molecule has 0 unspecified atom stereocenters. The third-order valence-electron chi connectivity index (χ3n) is 12.6. The van der Waals surface area contributed by atoms with Gasteiger partial charge in [-0.2, -0.15) is 0 Å². The van der Waals surface area contributed by atoms with Crippen LogP contribution >= 0.6 is 0 Å². The van der Waals surface area contributed by atoms with Gasteiger partial charge in [0, 0.05) is 43.7 Å². The van der Waals surface area contributed by atoms with Gasteiger partial charge in [0.2, 0.25) is 5.79 Å². The highest BCUT2D eigenvalue weighted by Crippen LogP contribution is 2.62. The van der Waals surface area contributed by atoms with Crippen LogP contribution in [0.5, 0.6) is 11.5 Å². The molecule has 0 spiro atoms. The predicted molar refractivity (Wildman–Crippen MR) is 242 cm³/mol. The Morgan fingerprint density at radius 2 is 1.59 bits per heavy atom. The van der Waals surface area contributed by atoms with E-state index < -0.39 is 23.8 Å². The van der Waals surface area contributed by atoms with Crippen molar-refractivity contribution in [2.24, 2.45) is 22.9 Å². The molecule has 1 aliphatic heterocycles. The Morgan fingerprint density at radius 3 is 2.31 bits per heavy atom. The molecule has 0 radical (unpaired) electrons. The van der Waals surface area contributed by atoms with Gasteiger partial charge in [0.05, 0.1) is 31.5 Å². The fourth-order valence-corrected chi connectivity index (χ4v) is 9.53. The van der Waals surface area contributed by atoms with Crippen LogP contribution in [-0.4, -0.2) is 78.8 Å². The fraction of sp³-hybridized carbons (Fsp3) is 0.423. The summed E-state index contributed by atoms with van der Waals surface area (Å²) in [5.41, 5.74) is 4.88. The molecule has 2 aliphatic carbocycles. The van der Waals surface area contributed by atoms with Crippen molar-refractivity contribution < 1.29 is 47.9 Å². The minimum atomic E-state index is -1.45. The predicted octanol–water partition coefficient (Wildman–Crippen LogP) is 9.52. The van der Waals surface area contributed by atoms with E-state index in [0.29, 0.717) is 42.2 Å². The van der Waals surface area contributed by atoms with Crippen LogP contribution in [0.2, 0.25) is 0 Å². The number of allylic oxidation sites excluding steroid dienone is 1. The van der Waals surface area contributed by atoms with Gasteiger partial charge >= 0.3 is 6.09 Å². The van der Waals surface area contributed by atoms with Crippen molar-refractivity contribution in [3.8, 4) is 11.5 Å². The van der Waals surface area contributed by atoms with Crippen molar-refractivity contribution in [1.82, 2.24) is 4.90 Å². The Kier molecular flexibility index (Phi) is 16.6. The van der Waals surface area contributed by atoms with E-state index in [2.05, 4.69) is 12.7 Å². The number of benzene rings is 4. The number of ether oxygens (including phenoxy) is 5. The molecule has 340 valence electrons. The van der Waals surface area contributed by atoms with E-state index in [4.69, 9.17) is 33.7 Å². The minimum absolute atomic E-state index is 0.0134. The number of amides is 1. The molecule has 1 amide bonds. The zero-order valence-electron chi connectivity index (χ0n) is 36.7. The number of hydrogen-bond donors (Lipinski definition) is 2. The van der Waals surface area contributed by atoms with Crippen LogP contribution in [0.3, 0.4) is 0 Å². The molecule has 4 aromatic rings. The molecule has 64 heavy (non-hydrogen) atoms. The maximum Gasteiger partial charge on any atom is 0.410 e. The Morgan fingerprint density at radius 1 is 0.891 bits per heavy atom. The van der Waals surface area contributed by atoms with Crippen molar-refractivity contribution in [2.75, 3.05) is 40.1 Å². The number of nitrogens with zero attached hydrogens (tertiary/aromatic N) is 2. The number of halogens is 1. The summed E-state index contributed by atoms with van der Waals surface area (Å²) in [6.45, 7) is 5.17. The quantitative estimate of drug-likeness (QED) is 0.0426. The SMILES string of the molecule is C=CCO[C@@]12Oc3ccc(OCc4ccccc4F)cc3[C@H]3[C@H](CCCCO)[C@@H](CCCCO)C=C(C(=NOCc4ccccc4)C[C@@H]1N(C)C(=O)OCCOCc1ccccc1)[C@H]32. The first-order valence-corrected chi connectivity index (χ1v) is 22.5. The van der Waals surface area contributed by atoms with Gasteiger partial charge in [0.1, 0.15) is 43.2 Å². The Bertz CT molecular complexity index is 2190. The van der Waals surface area contributed by atoms with E-state index in [1.54, 1.807) is 36.2 Å². The minimum Gasteiger partial charge on any atom is -0.489 e. The summed E-state index contributed by atoms with van der Waals surface area (Å²) in [7, 11) is 1.70. The summed E-state index contributed by atoms with van der Waals surface area (Å²) < 4.78 is 47.0. The number of unbranched alkanes of at least 4 members (excludes halogenated alkanes) is 2. The molecule has 6 atom stereocenters. The van der Waals surface area contributed by atoms with Crippen molar-refractivity contribution in [2.45, 2.75) is 82.5 Å². The first-order chi connectivity index (χ1) is 31.4. The third-order valence-corrected chi connectivity index (χ3v) is 12.6. The molecule has 11 nitrogen and oxygen atoms in total. The number of oxime groups is 1. The maximum absolute atomic E-state index is 14.8. The van der Waals surface area contributed by atoms with Gasteiger partial charge in [0.25, 0.3) is 0 Å². The number of rotatable bonds is 23. The van der Waals surface area contributed by atoms with E-state index in [1.165, 1.54) is 6.07 Å². The lowest BCUT2D eigenvalue weighted by Gasteiger charge is -2.59. The van der Waals surface area contributed by atoms with Crippen molar-refractivity contribution in [1.29, 1.82) is 0 Å². The average Bonchev–Trinajstić information content (AvgIpc) is 3.32. The van der Waals surface area contributed by atoms with Crippen LogP contribution in [0.4, 0.5) is 9.18 Å². The first-order valence-electron chi connectivity index (χ1n) is 22.5. The molecule has 7 rings (SSSR count). The van der Waals surface area contributed by atoms with Crippen LogP contribution < -0.4 is 9.47 Å². The highest BCUT2D eigenvalue weighted by Gasteiger charge is 2.65. The number of aliphatic hydroxyl groups excluding tert-OH is 2. The monoisotopic (exact) mass is 876 g/mol. The van der Waals surface area contributed by atoms with E-state index in [0.717, 1.165) is 47.9 Å². The number of likely N-dealkylation sites (N-methyl/N-ethyl adjacent to an activating group) is 1. The van der Waals surface area contributed by atoms with E-state index in [-0.39, 0.29) is 76.2 Å². The third kappa shape index (κ3) is 11.0. The van der Waals surface area contributed by atoms with Crippen molar-refractivity contribution in [3.05, 3.63) is 156 Å². The van der Waals surface area contributed by atoms with E-state index >= 15 is 0 Å². The van der Waals surface area contributed by atoms with E-state index in [1.807, 2.05) is 78.9 Å². The van der Waals surface area contributed by atoms with Gasteiger partial charge < -0.3 is 43.6 Å². The summed E-state index contributed by atoms with van der Waals surface area (Å²) in [5, 5.41) is 24.7. The molecule has 2 N–H and O–H groups in total. The van der Waals surface area contributed by atoms with Crippen molar-refractivity contribution >= 4 is 11.8 Å². The largest absolute Gasteiger partial charge is 0.489 e. The molecule has 4 aromatic carbocycles. The summed E-state index contributed by atoms with van der Waals surface area (Å²) in [6.07, 6.45) is 8.05. The number of aliphatic hydroxyl groups is 2. The lowest BCUT2D eigenvalue weighted by Crippen LogP contribution is -2.69. The highest BCUT2D eigenvalue weighted by atomic mass is 19.1. The van der Waals surface area contributed by atoms with Gasteiger partial charge in [0.15, 0.2) is 0 Å². The van der Waals surface area contributed by atoms with Gasteiger partial charge in [-0.15, -0.1) is 6.58 Å². The Balaban J connectivity index is 1.30. The lowest BCUT2D eigenvalue weighted by molar-refractivity contribution is -0.253. The van der Waals surface area contributed by atoms with Crippen LogP contribution in [-0.2, 0) is 38.9 Å². The normalized spacial score (nSPS) is 22.7. The molecule has 1 saturated carbocycles. The molecular formula is C52H61FN2O9. The summed E-state index contributed by atoms with van der Waals surface area (Å²) >= 11 is 0. The smallest absolute Gasteiger partial charge is 0.410 e. The molecular weight excluding hydrogens is 816 g/mol. The molecule has 1 fully saturated rings. The van der Waals surface area contributed by atoms with Crippen LogP contribution in [0.1, 0.15) is 73.1 Å². The molecule has 1 heterocycles. The summed E-state index contributed by atoms with van der Waals surface area (Å²) in [5.74, 6) is -1.39. The number of carbonyl (C=O) groups is 1. The first kappa shape index (κ1) is 46.5. The Labute approximate surface area is 376 Å². The van der Waals surface area contributed by atoms with Crippen molar-refractivity contribution in [3.63, 3.8) is 0 Å². The second kappa shape index (κ2) is 22.9. The zero-order chi connectivity index (χ0) is 44.7. The van der Waals surface area contributed by atoms with Gasteiger partial charge in [-0.3, -0.25) is 0 Å². The zero-order valence-corrected chi connectivity index (χ0v) is 36.7. The fourth-order valence-electron chi connectivity index (χ4n) is 9.53. The van der Waals surface area contributed by atoms with Gasteiger partial charge in [-0.05, 0) is 78.5 Å². The average molecular weight is 877 g/mol. The molecule has 3 aliphatic rings. The van der Waals surface area contributed by atoms with Gasteiger partial charge in [-0.1, -0.05) is 109 Å². The molecule has 12 heteroatoms. The molecule has 0 bridgehead atoms. The molecule has 0 saturated heterocycles. The second-order valence-corrected chi connectivity index (χ2v) is 16.7. The topological polar surface area (TPSA) is 129 Å². The highest BCUT2D eigenvalue weighted by molar-refractivity contribution is 6.03. The van der Waals surface area contributed by atoms with E-state index in [9.17, 15) is 19.4 Å². The number of fused-ring (bicyclic) bond motifs is 2. The van der Waals surface area contributed by atoms with Gasteiger partial charge in [-0.25, -0.2) is 9.18 Å². The summed E-state index contributed by atoms with van der Waals surface area (Å²) in [6, 6.07) is 31.1. The van der Waals surface area contributed by atoms with Crippen LogP contribution in [0, 0.1) is 23.6 Å². The van der Waals surface area contributed by atoms with Crippen LogP contribution in [0.25, 0.3) is 0 Å². The summed E-state index contributed by atoms with van der Waals surface area (Å²) in [4.78, 5) is 21.9. The molecule has 0 aromatic heterocycles. The lowest BCUT2D eigenvalue weighted by atomic mass is 9.55. The number of hydrogen-bond acceptors (Lipinski definition) is 10. The standard InChI is InChI=1S/C52H61FN2O9/c1-3-28-62-52-48(55(2)51(58)60-30-29-59-34-37-16-6-4-7-17-37)33-46(54-63-35-38-18-8-5-9-19-38)43-31-39(20-12-14-26-56)42(22-13-15-27-57)49(50(43)52)44-32-41(24-25-47(44)64-52)61-36-40-21-10-11-23-45(40)53/h3-11,16-19,21,23-25,31-32,39,42,48-50,56-57H,1,12-15,20,22,26-30,33-36H2,2H3/t39-,42+,48-,49+,50+,52+/m0/s1. The second-order valence-electron chi connectivity index (χ2n) is 16.7.